The molecule has 2 N–H and O–H groups in total. The molecular formula is C21H29Cl2N3O. The van der Waals surface area contributed by atoms with Crippen LogP contribution in [0.4, 0.5) is 5.69 Å². The summed E-state index contributed by atoms with van der Waals surface area (Å²) < 4.78 is 0. The van der Waals surface area contributed by atoms with Crippen molar-refractivity contribution in [2.45, 2.75) is 26.3 Å². The van der Waals surface area contributed by atoms with E-state index in [0.29, 0.717) is 0 Å². The van der Waals surface area contributed by atoms with E-state index in [2.05, 4.69) is 24.8 Å². The molecule has 1 aliphatic rings. The number of benzene rings is 2. The largest absolute Gasteiger partial charge is 0.398 e. The lowest BCUT2D eigenvalue weighted by Crippen LogP contribution is -2.33. The molecule has 1 atom stereocenters. The van der Waals surface area contributed by atoms with Crippen molar-refractivity contribution in [3.05, 3.63) is 65.2 Å². The highest BCUT2D eigenvalue weighted by Crippen LogP contribution is 2.40. The molecule has 1 aliphatic heterocycles. The summed E-state index contributed by atoms with van der Waals surface area (Å²) in [6.45, 7) is 8.17. The van der Waals surface area contributed by atoms with Gasteiger partial charge in [0.15, 0.2) is 0 Å². The molecule has 0 saturated heterocycles. The third-order valence-electron chi connectivity index (χ3n) is 5.12. The van der Waals surface area contributed by atoms with E-state index in [9.17, 15) is 4.79 Å². The van der Waals surface area contributed by atoms with Gasteiger partial charge in [-0.05, 0) is 43.8 Å². The molecule has 0 spiro atoms. The zero-order valence-electron chi connectivity index (χ0n) is 15.9. The van der Waals surface area contributed by atoms with Crippen molar-refractivity contribution in [3.8, 4) is 0 Å². The molecule has 0 aromatic heterocycles. The van der Waals surface area contributed by atoms with Gasteiger partial charge in [-0.25, -0.2) is 0 Å². The number of carbonyl (C=O) groups is 1. The Morgan fingerprint density at radius 1 is 0.963 bits per heavy atom. The second-order valence-corrected chi connectivity index (χ2v) is 6.50. The van der Waals surface area contributed by atoms with Crippen molar-refractivity contribution in [2.75, 3.05) is 31.9 Å². The maximum absolute atomic E-state index is 13.0. The van der Waals surface area contributed by atoms with Crippen LogP contribution in [-0.2, 0) is 0 Å². The highest BCUT2D eigenvalue weighted by Gasteiger charge is 2.37. The molecule has 27 heavy (non-hydrogen) atoms. The van der Waals surface area contributed by atoms with E-state index in [0.717, 1.165) is 55.0 Å². The van der Waals surface area contributed by atoms with Crippen LogP contribution in [0.25, 0.3) is 0 Å². The molecule has 148 valence electrons. The third kappa shape index (κ3) is 4.75. The standard InChI is InChI=1S/C21H27N3O.2ClH/c1-3-23(4-2)14-9-15-24-20(18-12-7-8-13-19(18)22)16-10-5-6-11-17(16)21(24)25;;/h5-8,10-13,20H,3-4,9,14-15,22H2,1-2H3;2*1H. The molecule has 0 bridgehead atoms. The number of hydrogen-bond acceptors (Lipinski definition) is 3. The Morgan fingerprint density at radius 3 is 2.19 bits per heavy atom. The highest BCUT2D eigenvalue weighted by atomic mass is 35.5. The van der Waals surface area contributed by atoms with E-state index in [1.807, 2.05) is 47.4 Å². The lowest BCUT2D eigenvalue weighted by molar-refractivity contribution is 0.0742. The van der Waals surface area contributed by atoms with Crippen LogP contribution < -0.4 is 5.73 Å². The monoisotopic (exact) mass is 409 g/mol. The average Bonchev–Trinajstić information content (AvgIpc) is 2.92. The first kappa shape index (κ1) is 23.3. The van der Waals surface area contributed by atoms with Crippen molar-refractivity contribution in [2.24, 2.45) is 0 Å². The molecule has 0 saturated carbocycles. The van der Waals surface area contributed by atoms with E-state index < -0.39 is 0 Å². The SMILES string of the molecule is CCN(CC)CCCN1C(=O)c2ccccc2C1c1ccccc1N.Cl.Cl. The van der Waals surface area contributed by atoms with Gasteiger partial charge in [0.25, 0.3) is 5.91 Å². The first-order chi connectivity index (χ1) is 12.2. The van der Waals surface area contributed by atoms with Crippen molar-refractivity contribution in [3.63, 3.8) is 0 Å². The molecule has 0 radical (unpaired) electrons. The number of para-hydroxylation sites is 1. The summed E-state index contributed by atoms with van der Waals surface area (Å²) in [5.41, 5.74) is 9.87. The number of anilines is 1. The number of nitrogens with zero attached hydrogens (tertiary/aromatic N) is 2. The summed E-state index contributed by atoms with van der Waals surface area (Å²) in [4.78, 5) is 17.4. The predicted molar refractivity (Wildman–Crippen MR) is 117 cm³/mol. The van der Waals surface area contributed by atoms with Crippen molar-refractivity contribution in [1.82, 2.24) is 9.80 Å². The molecular weight excluding hydrogens is 381 g/mol. The lowest BCUT2D eigenvalue weighted by atomic mass is 9.96. The summed E-state index contributed by atoms with van der Waals surface area (Å²) >= 11 is 0. The second-order valence-electron chi connectivity index (χ2n) is 6.50. The number of carbonyl (C=O) groups excluding carboxylic acids is 1. The van der Waals surface area contributed by atoms with E-state index in [4.69, 9.17) is 5.73 Å². The molecule has 1 amide bonds. The van der Waals surface area contributed by atoms with Gasteiger partial charge in [0.2, 0.25) is 0 Å². The molecule has 2 aromatic rings. The van der Waals surface area contributed by atoms with Crippen molar-refractivity contribution in [1.29, 1.82) is 0 Å². The van der Waals surface area contributed by atoms with E-state index in [1.54, 1.807) is 0 Å². The molecule has 1 heterocycles. The number of rotatable bonds is 7. The Balaban J connectivity index is 0.00000182. The van der Waals surface area contributed by atoms with E-state index in [-0.39, 0.29) is 36.8 Å². The summed E-state index contributed by atoms with van der Waals surface area (Å²) in [5, 5.41) is 0. The number of amides is 1. The molecule has 0 aliphatic carbocycles. The van der Waals surface area contributed by atoms with Crippen LogP contribution in [0, 0.1) is 0 Å². The summed E-state index contributed by atoms with van der Waals surface area (Å²) in [7, 11) is 0. The maximum atomic E-state index is 13.0. The van der Waals surface area contributed by atoms with Crippen LogP contribution in [0.2, 0.25) is 0 Å². The maximum Gasteiger partial charge on any atom is 0.255 e. The van der Waals surface area contributed by atoms with Gasteiger partial charge in [-0.15, -0.1) is 24.8 Å². The van der Waals surface area contributed by atoms with E-state index >= 15 is 0 Å². The van der Waals surface area contributed by atoms with Crippen LogP contribution in [0.5, 0.6) is 0 Å². The summed E-state index contributed by atoms with van der Waals surface area (Å²) in [6, 6.07) is 15.7. The third-order valence-corrected chi connectivity index (χ3v) is 5.12. The molecule has 3 rings (SSSR count). The number of fused-ring (bicyclic) bond motifs is 1. The van der Waals surface area contributed by atoms with Gasteiger partial charge in [-0.1, -0.05) is 50.2 Å². The minimum Gasteiger partial charge on any atom is -0.398 e. The zero-order valence-corrected chi connectivity index (χ0v) is 17.6. The first-order valence-corrected chi connectivity index (χ1v) is 9.14. The predicted octanol–water partition coefficient (Wildman–Crippen LogP) is 4.39. The quantitative estimate of drug-likeness (QED) is 0.689. The Kier molecular flexibility index (Phi) is 9.10. The van der Waals surface area contributed by atoms with Gasteiger partial charge in [0.05, 0.1) is 6.04 Å². The molecule has 4 nitrogen and oxygen atoms in total. The average molecular weight is 410 g/mol. The molecule has 1 unspecified atom stereocenters. The fourth-order valence-corrected chi connectivity index (χ4v) is 3.70. The van der Waals surface area contributed by atoms with Crippen LogP contribution in [-0.4, -0.2) is 41.9 Å². The molecule has 6 heteroatoms. The van der Waals surface area contributed by atoms with Crippen molar-refractivity contribution >= 4 is 36.4 Å². The molecule has 0 fully saturated rings. The Hall–Kier alpha value is -1.75. The minimum atomic E-state index is -0.0818. The Bertz CT molecular complexity index is 750. The summed E-state index contributed by atoms with van der Waals surface area (Å²) in [6.07, 6.45) is 0.963. The smallest absolute Gasteiger partial charge is 0.255 e. The normalized spacial score (nSPS) is 15.3. The van der Waals surface area contributed by atoms with E-state index in [1.165, 1.54) is 0 Å². The number of hydrogen-bond donors (Lipinski definition) is 1. The number of nitrogens with two attached hydrogens (primary N) is 1. The van der Waals surface area contributed by atoms with Crippen LogP contribution >= 0.6 is 24.8 Å². The van der Waals surface area contributed by atoms with Gasteiger partial charge in [0.1, 0.15) is 0 Å². The van der Waals surface area contributed by atoms with Gasteiger partial charge < -0.3 is 15.5 Å². The fraction of sp³-hybridized carbons (Fsp3) is 0.381. The highest BCUT2D eigenvalue weighted by molar-refractivity contribution is 6.00. The van der Waals surface area contributed by atoms with Crippen LogP contribution in [0.15, 0.2) is 48.5 Å². The zero-order chi connectivity index (χ0) is 17.8. The summed E-state index contributed by atoms with van der Waals surface area (Å²) in [5.74, 6) is 0.114. The first-order valence-electron chi connectivity index (χ1n) is 9.14. The van der Waals surface area contributed by atoms with Crippen molar-refractivity contribution < 1.29 is 4.79 Å². The van der Waals surface area contributed by atoms with Crippen LogP contribution in [0.1, 0.15) is 47.8 Å². The van der Waals surface area contributed by atoms with Crippen LogP contribution in [0.3, 0.4) is 0 Å². The molecule has 2 aromatic carbocycles. The fourth-order valence-electron chi connectivity index (χ4n) is 3.70. The Labute approximate surface area is 174 Å². The topological polar surface area (TPSA) is 49.6 Å². The second kappa shape index (κ2) is 10.5. The number of nitrogen functional groups attached to an aromatic ring is 1. The minimum absolute atomic E-state index is 0. The number of halogens is 2. The Morgan fingerprint density at radius 2 is 1.56 bits per heavy atom. The van der Waals surface area contributed by atoms with Gasteiger partial charge in [-0.2, -0.15) is 0 Å². The van der Waals surface area contributed by atoms with Gasteiger partial charge in [-0.3, -0.25) is 4.79 Å². The lowest BCUT2D eigenvalue weighted by Gasteiger charge is -2.28. The van der Waals surface area contributed by atoms with Gasteiger partial charge >= 0.3 is 0 Å². The van der Waals surface area contributed by atoms with Gasteiger partial charge in [0, 0.05) is 23.4 Å².